The number of pyridine rings is 1. The summed E-state index contributed by atoms with van der Waals surface area (Å²) in [5.74, 6) is -0.287. The predicted molar refractivity (Wildman–Crippen MR) is 88.0 cm³/mol. The first kappa shape index (κ1) is 17.4. The maximum atomic E-state index is 12.9. The molecule has 1 saturated carbocycles. The van der Waals surface area contributed by atoms with Crippen LogP contribution < -0.4 is 0 Å². The Morgan fingerprint density at radius 2 is 1.74 bits per heavy atom. The van der Waals surface area contributed by atoms with E-state index in [0.29, 0.717) is 12.1 Å². The first-order valence-corrected chi connectivity index (χ1v) is 8.50. The molecule has 2 rings (SSSR count). The van der Waals surface area contributed by atoms with Crippen molar-refractivity contribution < 1.29 is 14.3 Å². The fourth-order valence-corrected chi connectivity index (χ4v) is 3.17. The first-order valence-electron chi connectivity index (χ1n) is 8.50. The summed E-state index contributed by atoms with van der Waals surface area (Å²) in [6.45, 7) is 0.415. The fraction of sp³-hybridized carbons (Fsp3) is 0.611. The molecule has 126 valence electrons. The van der Waals surface area contributed by atoms with Crippen LogP contribution in [0.4, 0.5) is 0 Å². The molecule has 0 radical (unpaired) electrons. The van der Waals surface area contributed by atoms with Gasteiger partial charge < -0.3 is 9.64 Å². The molecule has 1 aromatic heterocycles. The van der Waals surface area contributed by atoms with Crippen molar-refractivity contribution >= 4 is 11.9 Å². The summed E-state index contributed by atoms with van der Waals surface area (Å²) in [5, 5.41) is 0. The Labute approximate surface area is 138 Å². The zero-order chi connectivity index (χ0) is 16.5. The molecule has 0 aromatic carbocycles. The molecule has 23 heavy (non-hydrogen) atoms. The number of carbonyl (C=O) groups is 2. The van der Waals surface area contributed by atoms with Crippen LogP contribution in [0, 0.1) is 0 Å². The van der Waals surface area contributed by atoms with E-state index in [1.807, 2.05) is 4.90 Å². The molecule has 0 spiro atoms. The topological polar surface area (TPSA) is 59.5 Å². The number of amides is 1. The predicted octanol–water partition coefficient (Wildman–Crippen LogP) is 3.20. The van der Waals surface area contributed by atoms with Gasteiger partial charge in [0.15, 0.2) is 0 Å². The molecule has 1 aliphatic rings. The third-order valence-electron chi connectivity index (χ3n) is 4.49. The molecule has 0 atom stereocenters. The molecular formula is C18H26N2O3. The smallest absolute Gasteiger partial charge is 0.307 e. The van der Waals surface area contributed by atoms with Gasteiger partial charge >= 0.3 is 5.97 Å². The van der Waals surface area contributed by atoms with Gasteiger partial charge in [0.1, 0.15) is 0 Å². The second-order valence-electron chi connectivity index (χ2n) is 6.06. The second kappa shape index (κ2) is 9.28. The molecule has 1 aliphatic carbocycles. The Morgan fingerprint density at radius 1 is 1.13 bits per heavy atom. The summed E-state index contributed by atoms with van der Waals surface area (Å²) < 4.78 is 4.73. The van der Waals surface area contributed by atoms with Crippen LogP contribution in [-0.4, -0.2) is 41.5 Å². The minimum absolute atomic E-state index is 0.0122. The van der Waals surface area contributed by atoms with Gasteiger partial charge in [-0.15, -0.1) is 0 Å². The zero-order valence-corrected chi connectivity index (χ0v) is 13.9. The molecule has 0 saturated heterocycles. The summed E-state index contributed by atoms with van der Waals surface area (Å²) in [6.07, 6.45) is 11.5. The highest BCUT2D eigenvalue weighted by Crippen LogP contribution is 2.23. The molecule has 5 heteroatoms. The Morgan fingerprint density at radius 3 is 2.35 bits per heavy atom. The zero-order valence-electron chi connectivity index (χ0n) is 13.9. The molecule has 0 aliphatic heterocycles. The van der Waals surface area contributed by atoms with Crippen molar-refractivity contribution in [3.05, 3.63) is 30.1 Å². The van der Waals surface area contributed by atoms with E-state index >= 15 is 0 Å². The van der Waals surface area contributed by atoms with Gasteiger partial charge in [-0.25, -0.2) is 0 Å². The monoisotopic (exact) mass is 318 g/mol. The minimum atomic E-state index is -0.275. The summed E-state index contributed by atoms with van der Waals surface area (Å²) in [6, 6.07) is 3.67. The molecule has 1 fully saturated rings. The molecule has 0 bridgehead atoms. The average molecular weight is 318 g/mol. The van der Waals surface area contributed by atoms with Crippen LogP contribution in [0.1, 0.15) is 61.7 Å². The molecule has 5 nitrogen and oxygen atoms in total. The lowest BCUT2D eigenvalue weighted by Gasteiger charge is -2.33. The van der Waals surface area contributed by atoms with Crippen molar-refractivity contribution in [3.8, 4) is 0 Å². The Bertz CT molecular complexity index is 496. The largest absolute Gasteiger partial charge is 0.469 e. The Balaban J connectivity index is 2.12. The summed E-state index contributed by atoms with van der Waals surface area (Å²) >= 11 is 0. The summed E-state index contributed by atoms with van der Waals surface area (Å²) in [5.41, 5.74) is 0.631. The van der Waals surface area contributed by atoms with Crippen LogP contribution in [0.15, 0.2) is 24.5 Å². The van der Waals surface area contributed by atoms with Crippen molar-refractivity contribution in [2.45, 2.75) is 57.4 Å². The van der Waals surface area contributed by atoms with Gasteiger partial charge in [-0.2, -0.15) is 0 Å². The van der Waals surface area contributed by atoms with E-state index in [1.54, 1.807) is 24.5 Å². The van der Waals surface area contributed by atoms with Crippen LogP contribution in [0.2, 0.25) is 0 Å². The van der Waals surface area contributed by atoms with Crippen LogP contribution in [0.5, 0.6) is 0 Å². The lowest BCUT2D eigenvalue weighted by Crippen LogP contribution is -2.42. The van der Waals surface area contributed by atoms with Gasteiger partial charge in [0.05, 0.1) is 13.5 Å². The second-order valence-corrected chi connectivity index (χ2v) is 6.06. The maximum absolute atomic E-state index is 12.9. The molecule has 1 heterocycles. The number of ether oxygens (including phenoxy) is 1. The van der Waals surface area contributed by atoms with Gasteiger partial charge in [-0.05, 0) is 25.0 Å². The van der Waals surface area contributed by atoms with E-state index in [0.717, 1.165) is 25.7 Å². The number of esters is 1. The maximum Gasteiger partial charge on any atom is 0.307 e. The van der Waals surface area contributed by atoms with Crippen LogP contribution in [0.3, 0.4) is 0 Å². The van der Waals surface area contributed by atoms with Crippen molar-refractivity contribution in [3.63, 3.8) is 0 Å². The molecule has 0 unspecified atom stereocenters. The number of methoxy groups -OCH3 is 1. The molecule has 1 amide bonds. The van der Waals surface area contributed by atoms with Gasteiger partial charge in [-0.3, -0.25) is 14.6 Å². The Kier molecular flexibility index (Phi) is 7.04. The lowest BCUT2D eigenvalue weighted by molar-refractivity contribution is -0.140. The first-order chi connectivity index (χ1) is 11.2. The van der Waals surface area contributed by atoms with E-state index < -0.39 is 0 Å². The van der Waals surface area contributed by atoms with Gasteiger partial charge in [0, 0.05) is 30.5 Å². The van der Waals surface area contributed by atoms with E-state index in [-0.39, 0.29) is 24.3 Å². The number of carbonyl (C=O) groups excluding carboxylic acids is 2. The summed E-state index contributed by atoms with van der Waals surface area (Å²) in [7, 11) is 1.38. The SMILES string of the molecule is COC(=O)CCN(C(=O)c1ccncc1)C1CCCCCCC1. The van der Waals surface area contributed by atoms with Crippen molar-refractivity contribution in [2.24, 2.45) is 0 Å². The molecular weight excluding hydrogens is 292 g/mol. The highest BCUT2D eigenvalue weighted by atomic mass is 16.5. The van der Waals surface area contributed by atoms with Crippen molar-refractivity contribution in [1.29, 1.82) is 0 Å². The van der Waals surface area contributed by atoms with Gasteiger partial charge in [-0.1, -0.05) is 32.1 Å². The van der Waals surface area contributed by atoms with Crippen LogP contribution >= 0.6 is 0 Å². The lowest BCUT2D eigenvalue weighted by atomic mass is 9.95. The van der Waals surface area contributed by atoms with E-state index in [9.17, 15) is 9.59 Å². The normalized spacial score (nSPS) is 16.2. The van der Waals surface area contributed by atoms with E-state index in [1.165, 1.54) is 26.4 Å². The average Bonchev–Trinajstić information content (AvgIpc) is 2.56. The number of rotatable bonds is 5. The van der Waals surface area contributed by atoms with Crippen molar-refractivity contribution in [1.82, 2.24) is 9.88 Å². The third-order valence-corrected chi connectivity index (χ3v) is 4.49. The number of aromatic nitrogens is 1. The van der Waals surface area contributed by atoms with Crippen LogP contribution in [0.25, 0.3) is 0 Å². The number of hydrogen-bond acceptors (Lipinski definition) is 4. The minimum Gasteiger partial charge on any atom is -0.469 e. The van der Waals surface area contributed by atoms with E-state index in [2.05, 4.69) is 4.98 Å². The molecule has 0 N–H and O–H groups in total. The highest BCUT2D eigenvalue weighted by molar-refractivity contribution is 5.94. The fourth-order valence-electron chi connectivity index (χ4n) is 3.17. The standard InChI is InChI=1S/C18H26N2O3/c1-23-17(21)11-14-20(16-7-5-3-2-4-6-8-16)18(22)15-9-12-19-13-10-15/h9-10,12-13,16H,2-8,11,14H2,1H3. The Hall–Kier alpha value is -1.91. The number of hydrogen-bond donors (Lipinski definition) is 0. The highest BCUT2D eigenvalue weighted by Gasteiger charge is 2.25. The third kappa shape index (κ3) is 5.34. The van der Waals surface area contributed by atoms with Crippen LogP contribution in [-0.2, 0) is 9.53 Å². The summed E-state index contributed by atoms with van der Waals surface area (Å²) in [4.78, 5) is 30.2. The number of nitrogens with zero attached hydrogens (tertiary/aromatic N) is 2. The quantitative estimate of drug-likeness (QED) is 0.782. The van der Waals surface area contributed by atoms with Gasteiger partial charge in [0.25, 0.3) is 5.91 Å². The van der Waals surface area contributed by atoms with E-state index in [4.69, 9.17) is 4.74 Å². The molecule has 1 aromatic rings. The van der Waals surface area contributed by atoms with Crippen molar-refractivity contribution in [2.75, 3.05) is 13.7 Å². The van der Waals surface area contributed by atoms with Gasteiger partial charge in [0.2, 0.25) is 0 Å².